The molecule has 1 unspecified atom stereocenters. The summed E-state index contributed by atoms with van der Waals surface area (Å²) in [7, 11) is 3.55. The highest BCUT2D eigenvalue weighted by atomic mass is 19.4. The molecule has 0 aliphatic carbocycles. The van der Waals surface area contributed by atoms with Gasteiger partial charge in [-0.25, -0.2) is 9.97 Å². The number of rotatable bonds is 3. The summed E-state index contributed by atoms with van der Waals surface area (Å²) in [5.41, 5.74) is -1.62. The van der Waals surface area contributed by atoms with Crippen molar-refractivity contribution in [3.63, 3.8) is 0 Å². The number of aryl methyl sites for hydroxylation is 1. The van der Waals surface area contributed by atoms with E-state index >= 15 is 0 Å². The van der Waals surface area contributed by atoms with E-state index in [1.807, 2.05) is 0 Å². The Labute approximate surface area is 133 Å². The zero-order valence-corrected chi connectivity index (χ0v) is 13.7. The summed E-state index contributed by atoms with van der Waals surface area (Å²) in [5, 5.41) is 0. The van der Waals surface area contributed by atoms with Gasteiger partial charge in [0.15, 0.2) is 5.82 Å². The standard InChI is InChI=1S/C15H21F3N4O/c1-10-8-11(15(16,17)18)20-13(19-10)14(2)6-5-7-22(14)12(23)9-21(3)4/h8H,5-7,9H2,1-4H3. The van der Waals surface area contributed by atoms with Gasteiger partial charge in [-0.05, 0) is 46.9 Å². The number of hydrogen-bond acceptors (Lipinski definition) is 4. The van der Waals surface area contributed by atoms with E-state index in [0.717, 1.165) is 6.07 Å². The highest BCUT2D eigenvalue weighted by Gasteiger charge is 2.44. The van der Waals surface area contributed by atoms with Gasteiger partial charge in [-0.3, -0.25) is 4.79 Å². The molecule has 1 amide bonds. The van der Waals surface area contributed by atoms with Crippen molar-refractivity contribution in [1.82, 2.24) is 19.8 Å². The van der Waals surface area contributed by atoms with Crippen molar-refractivity contribution in [3.8, 4) is 0 Å². The van der Waals surface area contributed by atoms with Crippen molar-refractivity contribution >= 4 is 5.91 Å². The van der Waals surface area contributed by atoms with Crippen molar-refractivity contribution in [2.24, 2.45) is 0 Å². The summed E-state index contributed by atoms with van der Waals surface area (Å²) in [6, 6.07) is 0.924. The molecule has 128 valence electrons. The lowest BCUT2D eigenvalue weighted by Gasteiger charge is -2.35. The van der Waals surface area contributed by atoms with Gasteiger partial charge in [0.05, 0.1) is 12.1 Å². The van der Waals surface area contributed by atoms with E-state index in [0.29, 0.717) is 19.4 Å². The first-order valence-corrected chi connectivity index (χ1v) is 7.42. The molecule has 0 radical (unpaired) electrons. The first-order valence-electron chi connectivity index (χ1n) is 7.42. The second kappa shape index (κ2) is 6.07. The Balaban J connectivity index is 2.42. The molecule has 0 N–H and O–H groups in total. The molecular weight excluding hydrogens is 309 g/mol. The summed E-state index contributed by atoms with van der Waals surface area (Å²) in [6.07, 6.45) is -3.27. The number of carbonyl (C=O) groups excluding carboxylic acids is 1. The molecule has 2 heterocycles. The van der Waals surface area contributed by atoms with Crippen molar-refractivity contribution in [3.05, 3.63) is 23.3 Å². The van der Waals surface area contributed by atoms with Crippen LogP contribution in [0.15, 0.2) is 6.07 Å². The van der Waals surface area contributed by atoms with Crippen LogP contribution in [-0.4, -0.2) is 52.9 Å². The Kier molecular flexibility index (Phi) is 4.66. The summed E-state index contributed by atoms with van der Waals surface area (Å²) in [5.74, 6) is -0.0666. The van der Waals surface area contributed by atoms with E-state index in [4.69, 9.17) is 0 Å². The Morgan fingerprint density at radius 3 is 2.61 bits per heavy atom. The minimum Gasteiger partial charge on any atom is -0.329 e. The summed E-state index contributed by atoms with van der Waals surface area (Å²) < 4.78 is 39.0. The molecule has 1 aromatic rings. The SMILES string of the molecule is Cc1cc(C(F)(F)F)nc(C2(C)CCCN2C(=O)CN(C)C)n1. The fraction of sp³-hybridized carbons (Fsp3) is 0.667. The van der Waals surface area contributed by atoms with E-state index in [1.165, 1.54) is 6.92 Å². The topological polar surface area (TPSA) is 49.3 Å². The fourth-order valence-electron chi connectivity index (χ4n) is 2.91. The summed E-state index contributed by atoms with van der Waals surface area (Å²) in [4.78, 5) is 23.7. The van der Waals surface area contributed by atoms with E-state index < -0.39 is 17.4 Å². The third-order valence-electron chi connectivity index (χ3n) is 4.02. The Morgan fingerprint density at radius 2 is 2.04 bits per heavy atom. The van der Waals surface area contributed by atoms with Gasteiger partial charge < -0.3 is 9.80 Å². The van der Waals surface area contributed by atoms with E-state index in [-0.39, 0.29) is 24.0 Å². The monoisotopic (exact) mass is 330 g/mol. The quantitative estimate of drug-likeness (QED) is 0.853. The second-order valence-corrected chi connectivity index (χ2v) is 6.38. The summed E-state index contributed by atoms with van der Waals surface area (Å²) in [6.45, 7) is 3.95. The molecule has 1 aliphatic heterocycles. The third kappa shape index (κ3) is 3.63. The number of likely N-dealkylation sites (tertiary alicyclic amines) is 1. The second-order valence-electron chi connectivity index (χ2n) is 6.38. The number of likely N-dealkylation sites (N-methyl/N-ethyl adjacent to an activating group) is 1. The maximum atomic E-state index is 13.0. The largest absolute Gasteiger partial charge is 0.433 e. The Hall–Kier alpha value is -1.70. The van der Waals surface area contributed by atoms with Crippen LogP contribution in [0, 0.1) is 6.92 Å². The van der Waals surface area contributed by atoms with Crippen LogP contribution in [-0.2, 0) is 16.5 Å². The highest BCUT2D eigenvalue weighted by molar-refractivity contribution is 5.79. The van der Waals surface area contributed by atoms with E-state index in [9.17, 15) is 18.0 Å². The molecule has 1 aliphatic rings. The number of nitrogens with zero attached hydrogens (tertiary/aromatic N) is 4. The molecule has 23 heavy (non-hydrogen) atoms. The smallest absolute Gasteiger partial charge is 0.329 e. The molecule has 0 bridgehead atoms. The van der Waals surface area contributed by atoms with Crippen LogP contribution in [0.1, 0.15) is 37.0 Å². The van der Waals surface area contributed by atoms with Crippen LogP contribution in [0.25, 0.3) is 0 Å². The number of alkyl halides is 3. The number of carbonyl (C=O) groups is 1. The molecule has 5 nitrogen and oxygen atoms in total. The zero-order chi connectivity index (χ0) is 17.4. The lowest BCUT2D eigenvalue weighted by molar-refractivity contribution is -0.141. The number of halogens is 3. The molecule has 2 rings (SSSR count). The highest BCUT2D eigenvalue weighted by Crippen LogP contribution is 2.38. The predicted molar refractivity (Wildman–Crippen MR) is 78.6 cm³/mol. The van der Waals surface area contributed by atoms with Crippen molar-refractivity contribution < 1.29 is 18.0 Å². The number of hydrogen-bond donors (Lipinski definition) is 0. The Bertz CT molecular complexity index is 603. The van der Waals surface area contributed by atoms with Gasteiger partial charge in [0.25, 0.3) is 0 Å². The average molecular weight is 330 g/mol. The van der Waals surface area contributed by atoms with Gasteiger partial charge in [-0.15, -0.1) is 0 Å². The lowest BCUT2D eigenvalue weighted by atomic mass is 9.97. The van der Waals surface area contributed by atoms with Crippen LogP contribution in [0.3, 0.4) is 0 Å². The van der Waals surface area contributed by atoms with Crippen LogP contribution < -0.4 is 0 Å². The molecule has 1 fully saturated rings. The molecule has 1 saturated heterocycles. The van der Waals surface area contributed by atoms with Crippen molar-refractivity contribution in [2.45, 2.75) is 38.4 Å². The molecule has 0 spiro atoms. The Morgan fingerprint density at radius 1 is 1.39 bits per heavy atom. The van der Waals surface area contributed by atoms with Gasteiger partial charge in [0.1, 0.15) is 5.69 Å². The predicted octanol–water partition coefficient (Wildman–Crippen LogP) is 2.20. The fourth-order valence-corrected chi connectivity index (χ4v) is 2.91. The first-order chi connectivity index (χ1) is 10.5. The maximum Gasteiger partial charge on any atom is 0.433 e. The minimum atomic E-state index is -4.53. The van der Waals surface area contributed by atoms with Crippen LogP contribution in [0.2, 0.25) is 0 Å². The molecular formula is C15H21F3N4O. The van der Waals surface area contributed by atoms with E-state index in [1.54, 1.807) is 30.8 Å². The van der Waals surface area contributed by atoms with Crippen LogP contribution in [0.4, 0.5) is 13.2 Å². The summed E-state index contributed by atoms with van der Waals surface area (Å²) >= 11 is 0. The third-order valence-corrected chi connectivity index (χ3v) is 4.02. The van der Waals surface area contributed by atoms with Crippen molar-refractivity contribution in [2.75, 3.05) is 27.2 Å². The molecule has 0 aromatic carbocycles. The van der Waals surface area contributed by atoms with Gasteiger partial charge in [0.2, 0.25) is 5.91 Å². The molecule has 8 heteroatoms. The first kappa shape index (κ1) is 17.7. The van der Waals surface area contributed by atoms with Crippen LogP contribution in [0.5, 0.6) is 0 Å². The molecule has 1 atom stereocenters. The normalized spacial score (nSPS) is 22.0. The van der Waals surface area contributed by atoms with Crippen molar-refractivity contribution in [1.29, 1.82) is 0 Å². The number of amides is 1. The zero-order valence-electron chi connectivity index (χ0n) is 13.7. The van der Waals surface area contributed by atoms with Crippen LogP contribution >= 0.6 is 0 Å². The molecule has 1 aromatic heterocycles. The van der Waals surface area contributed by atoms with E-state index in [2.05, 4.69) is 9.97 Å². The van der Waals surface area contributed by atoms with Gasteiger partial charge in [-0.2, -0.15) is 13.2 Å². The van der Waals surface area contributed by atoms with Gasteiger partial charge in [-0.1, -0.05) is 0 Å². The number of aromatic nitrogens is 2. The van der Waals surface area contributed by atoms with Gasteiger partial charge >= 0.3 is 6.18 Å². The van der Waals surface area contributed by atoms with Gasteiger partial charge in [0, 0.05) is 12.2 Å². The minimum absolute atomic E-state index is 0.0643. The lowest BCUT2D eigenvalue weighted by Crippen LogP contribution is -2.47. The maximum absolute atomic E-state index is 13.0. The average Bonchev–Trinajstić information content (AvgIpc) is 2.79. The molecule has 0 saturated carbocycles.